The molecule has 0 spiro atoms. The van der Waals surface area contributed by atoms with E-state index in [1.54, 1.807) is 0 Å². The third kappa shape index (κ3) is 5.98. The Hall–Kier alpha value is -1.06. The van der Waals surface area contributed by atoms with Crippen molar-refractivity contribution < 1.29 is 4.74 Å². The van der Waals surface area contributed by atoms with Crippen LogP contribution in [0.2, 0.25) is 0 Å². The van der Waals surface area contributed by atoms with E-state index in [-0.39, 0.29) is 0 Å². The normalized spacial score (nSPS) is 16.2. The molecule has 1 heterocycles. The van der Waals surface area contributed by atoms with Crippen molar-refractivity contribution in [2.75, 3.05) is 39.3 Å². The molecule has 0 aromatic heterocycles. The molecule has 1 aromatic carbocycles. The molecule has 0 atom stereocenters. The van der Waals surface area contributed by atoms with E-state index in [0.717, 1.165) is 25.4 Å². The Morgan fingerprint density at radius 3 is 2.64 bits per heavy atom. The molecule has 1 aromatic rings. The van der Waals surface area contributed by atoms with Crippen LogP contribution in [-0.4, -0.2) is 44.2 Å². The van der Waals surface area contributed by atoms with E-state index in [4.69, 9.17) is 4.74 Å². The van der Waals surface area contributed by atoms with Crippen LogP contribution in [0.3, 0.4) is 0 Å². The summed E-state index contributed by atoms with van der Waals surface area (Å²) in [5.74, 6) is 1.58. The molecule has 2 rings (SSSR count). The second kappa shape index (κ2) is 9.16. The number of piperazine rings is 1. The lowest BCUT2D eigenvalue weighted by Crippen LogP contribution is -2.43. The van der Waals surface area contributed by atoms with E-state index in [1.807, 2.05) is 0 Å². The Morgan fingerprint density at radius 1 is 1.18 bits per heavy atom. The van der Waals surface area contributed by atoms with Crippen LogP contribution in [0.5, 0.6) is 5.75 Å². The van der Waals surface area contributed by atoms with Crippen molar-refractivity contribution in [3.63, 3.8) is 0 Å². The van der Waals surface area contributed by atoms with Crippen molar-refractivity contribution in [1.82, 2.24) is 10.2 Å². The molecule has 1 fully saturated rings. The lowest BCUT2D eigenvalue weighted by Gasteiger charge is -2.27. The molecule has 22 heavy (non-hydrogen) atoms. The number of nitrogens with zero attached hydrogens (tertiary/aromatic N) is 1. The second-order valence-electron chi connectivity index (χ2n) is 6.84. The highest BCUT2D eigenvalue weighted by atomic mass is 16.5. The van der Waals surface area contributed by atoms with Gasteiger partial charge in [-0.3, -0.25) is 0 Å². The monoisotopic (exact) mass is 304 g/mol. The predicted molar refractivity (Wildman–Crippen MR) is 93.8 cm³/mol. The zero-order valence-corrected chi connectivity index (χ0v) is 14.5. The quantitative estimate of drug-likeness (QED) is 0.746. The molecule has 3 nitrogen and oxygen atoms in total. The van der Waals surface area contributed by atoms with Gasteiger partial charge in [-0.2, -0.15) is 0 Å². The molecule has 0 radical (unpaired) electrons. The van der Waals surface area contributed by atoms with Gasteiger partial charge in [0.2, 0.25) is 0 Å². The lowest BCUT2D eigenvalue weighted by molar-refractivity contribution is 0.237. The fourth-order valence-corrected chi connectivity index (χ4v) is 2.89. The Morgan fingerprint density at radius 2 is 1.95 bits per heavy atom. The summed E-state index contributed by atoms with van der Waals surface area (Å²) < 4.78 is 5.80. The minimum Gasteiger partial charge on any atom is -0.493 e. The molecule has 1 N–H and O–H groups in total. The number of benzene rings is 1. The Labute approximate surface area is 136 Å². The van der Waals surface area contributed by atoms with Crippen LogP contribution < -0.4 is 10.1 Å². The molecule has 1 aliphatic heterocycles. The average molecular weight is 304 g/mol. The third-order valence-corrected chi connectivity index (χ3v) is 4.28. The van der Waals surface area contributed by atoms with Gasteiger partial charge in [0, 0.05) is 26.2 Å². The first-order valence-electron chi connectivity index (χ1n) is 8.80. The van der Waals surface area contributed by atoms with Crippen molar-refractivity contribution in [3.8, 4) is 5.75 Å². The summed E-state index contributed by atoms with van der Waals surface area (Å²) in [5, 5.41) is 3.41. The molecule has 0 aliphatic carbocycles. The summed E-state index contributed by atoms with van der Waals surface area (Å²) >= 11 is 0. The SMILES string of the molecule is Cc1cc(OCC(C)C)ccc1CCCCN1CCNCC1. The zero-order chi connectivity index (χ0) is 15.8. The molecular formula is C19H32N2O. The fraction of sp³-hybridized carbons (Fsp3) is 0.684. The molecule has 1 saturated heterocycles. The highest BCUT2D eigenvalue weighted by Crippen LogP contribution is 2.19. The molecule has 0 amide bonds. The summed E-state index contributed by atoms with van der Waals surface area (Å²) in [6, 6.07) is 6.56. The maximum atomic E-state index is 5.80. The van der Waals surface area contributed by atoms with Gasteiger partial charge in [-0.1, -0.05) is 19.9 Å². The van der Waals surface area contributed by atoms with E-state index in [9.17, 15) is 0 Å². The van der Waals surface area contributed by atoms with Crippen LogP contribution in [0.25, 0.3) is 0 Å². The lowest BCUT2D eigenvalue weighted by atomic mass is 10.0. The Balaban J connectivity index is 1.70. The fourth-order valence-electron chi connectivity index (χ4n) is 2.89. The van der Waals surface area contributed by atoms with Gasteiger partial charge in [-0.25, -0.2) is 0 Å². The standard InChI is InChI=1S/C19H32N2O/c1-16(2)15-22-19-8-7-18(17(3)14-19)6-4-5-11-21-12-9-20-10-13-21/h7-8,14,16,20H,4-6,9-13,15H2,1-3H3. The number of unbranched alkanes of at least 4 members (excludes halogenated alkanes) is 1. The average Bonchev–Trinajstić information content (AvgIpc) is 2.52. The Bertz CT molecular complexity index is 439. The van der Waals surface area contributed by atoms with Crippen molar-refractivity contribution >= 4 is 0 Å². The minimum atomic E-state index is 0.574. The van der Waals surface area contributed by atoms with Crippen LogP contribution in [0.1, 0.15) is 37.8 Å². The maximum Gasteiger partial charge on any atom is 0.119 e. The van der Waals surface area contributed by atoms with Crippen molar-refractivity contribution in [2.45, 2.75) is 40.0 Å². The van der Waals surface area contributed by atoms with Gasteiger partial charge in [0.1, 0.15) is 5.75 Å². The number of aryl methyl sites for hydroxylation is 2. The van der Waals surface area contributed by atoms with Gasteiger partial charge in [-0.05, 0) is 61.9 Å². The van der Waals surface area contributed by atoms with E-state index in [0.29, 0.717) is 5.92 Å². The van der Waals surface area contributed by atoms with Gasteiger partial charge in [-0.15, -0.1) is 0 Å². The molecule has 1 aliphatic rings. The van der Waals surface area contributed by atoms with Crippen LogP contribution >= 0.6 is 0 Å². The number of hydrogen-bond acceptors (Lipinski definition) is 3. The summed E-state index contributed by atoms with van der Waals surface area (Å²) in [5.41, 5.74) is 2.83. The van der Waals surface area contributed by atoms with Crippen molar-refractivity contribution in [2.24, 2.45) is 5.92 Å². The van der Waals surface area contributed by atoms with E-state index >= 15 is 0 Å². The smallest absolute Gasteiger partial charge is 0.119 e. The summed E-state index contributed by atoms with van der Waals surface area (Å²) in [7, 11) is 0. The van der Waals surface area contributed by atoms with Crippen LogP contribution in [0, 0.1) is 12.8 Å². The third-order valence-electron chi connectivity index (χ3n) is 4.28. The first-order chi connectivity index (χ1) is 10.6. The number of rotatable bonds is 8. The van der Waals surface area contributed by atoms with Crippen LogP contribution in [-0.2, 0) is 6.42 Å². The maximum absolute atomic E-state index is 5.80. The van der Waals surface area contributed by atoms with Crippen LogP contribution in [0.4, 0.5) is 0 Å². The predicted octanol–water partition coefficient (Wildman–Crippen LogP) is 3.26. The van der Waals surface area contributed by atoms with E-state index < -0.39 is 0 Å². The highest BCUT2D eigenvalue weighted by Gasteiger charge is 2.08. The van der Waals surface area contributed by atoms with E-state index in [1.165, 1.54) is 50.0 Å². The summed E-state index contributed by atoms with van der Waals surface area (Å²) in [6.07, 6.45) is 3.75. The molecular weight excluding hydrogens is 272 g/mol. The highest BCUT2D eigenvalue weighted by molar-refractivity contribution is 5.34. The molecule has 0 saturated carbocycles. The zero-order valence-electron chi connectivity index (χ0n) is 14.5. The molecule has 124 valence electrons. The van der Waals surface area contributed by atoms with Gasteiger partial charge in [0.05, 0.1) is 6.61 Å². The largest absolute Gasteiger partial charge is 0.493 e. The second-order valence-corrected chi connectivity index (χ2v) is 6.84. The van der Waals surface area contributed by atoms with Crippen molar-refractivity contribution in [1.29, 1.82) is 0 Å². The Kier molecular flexibility index (Phi) is 7.20. The van der Waals surface area contributed by atoms with Gasteiger partial charge >= 0.3 is 0 Å². The van der Waals surface area contributed by atoms with E-state index in [2.05, 4.69) is 49.2 Å². The summed E-state index contributed by atoms with van der Waals surface area (Å²) in [4.78, 5) is 2.58. The van der Waals surface area contributed by atoms with Gasteiger partial charge in [0.25, 0.3) is 0 Å². The summed E-state index contributed by atoms with van der Waals surface area (Å²) in [6.45, 7) is 13.3. The van der Waals surface area contributed by atoms with Crippen LogP contribution in [0.15, 0.2) is 18.2 Å². The molecule has 3 heteroatoms. The minimum absolute atomic E-state index is 0.574. The number of hydrogen-bond donors (Lipinski definition) is 1. The first kappa shape index (κ1) is 17.3. The first-order valence-corrected chi connectivity index (χ1v) is 8.80. The van der Waals surface area contributed by atoms with Gasteiger partial charge in [0.15, 0.2) is 0 Å². The topological polar surface area (TPSA) is 24.5 Å². The number of nitrogens with one attached hydrogen (secondary N) is 1. The van der Waals surface area contributed by atoms with Crippen molar-refractivity contribution in [3.05, 3.63) is 29.3 Å². The molecule has 0 bridgehead atoms. The number of ether oxygens (including phenoxy) is 1. The molecule has 0 unspecified atom stereocenters. The van der Waals surface area contributed by atoms with Gasteiger partial charge < -0.3 is 15.0 Å².